The summed E-state index contributed by atoms with van der Waals surface area (Å²) in [6, 6.07) is -0.0694. The Morgan fingerprint density at radius 3 is 2.20 bits per heavy atom. The summed E-state index contributed by atoms with van der Waals surface area (Å²) in [6.45, 7) is 6.40. The number of hydrogen-bond acceptors (Lipinski definition) is 5. The van der Waals surface area contributed by atoms with Gasteiger partial charge in [-0.15, -0.1) is 0 Å². The Labute approximate surface area is 144 Å². The molecule has 0 saturated carbocycles. The molecule has 2 unspecified atom stereocenters. The van der Waals surface area contributed by atoms with E-state index >= 15 is 0 Å². The highest BCUT2D eigenvalue weighted by molar-refractivity contribution is 5.69. The summed E-state index contributed by atoms with van der Waals surface area (Å²) in [4.78, 5) is 23.7. The van der Waals surface area contributed by atoms with E-state index in [9.17, 15) is 18.0 Å². The largest absolute Gasteiger partial charge is 0.444 e. The highest BCUT2D eigenvalue weighted by Gasteiger charge is 2.43. The first-order valence-electron chi connectivity index (χ1n) is 8.20. The van der Waals surface area contributed by atoms with Crippen LogP contribution >= 0.6 is 0 Å². The van der Waals surface area contributed by atoms with Crippen molar-refractivity contribution in [2.24, 2.45) is 0 Å². The van der Waals surface area contributed by atoms with Gasteiger partial charge in [-0.2, -0.15) is 13.2 Å². The van der Waals surface area contributed by atoms with E-state index in [0.717, 1.165) is 25.2 Å². The maximum absolute atomic E-state index is 12.6. The normalized spacial score (nSPS) is 23.8. The molecule has 2 atom stereocenters. The number of piperazine rings is 1. The highest BCUT2D eigenvalue weighted by Crippen LogP contribution is 2.33. The molecule has 0 spiro atoms. The summed E-state index contributed by atoms with van der Waals surface area (Å²) >= 11 is 0. The topological polar surface area (TPSA) is 58.6 Å². The van der Waals surface area contributed by atoms with Gasteiger partial charge in [0, 0.05) is 31.5 Å². The SMILES string of the molecule is CC(C)(C)OC(=O)N1CC2CCC1CN2c1ncc(C(F)(F)F)cn1. The van der Waals surface area contributed by atoms with E-state index in [1.54, 1.807) is 4.90 Å². The fourth-order valence-corrected chi connectivity index (χ4v) is 3.23. The maximum atomic E-state index is 12.6. The monoisotopic (exact) mass is 358 g/mol. The van der Waals surface area contributed by atoms with Crippen LogP contribution in [0.5, 0.6) is 0 Å². The van der Waals surface area contributed by atoms with Gasteiger partial charge < -0.3 is 14.5 Å². The number of carbonyl (C=O) groups excluding carboxylic acids is 1. The zero-order chi connectivity index (χ0) is 18.4. The smallest absolute Gasteiger partial charge is 0.419 e. The number of aromatic nitrogens is 2. The Morgan fingerprint density at radius 2 is 1.72 bits per heavy atom. The third-order valence-electron chi connectivity index (χ3n) is 4.38. The number of anilines is 1. The van der Waals surface area contributed by atoms with Gasteiger partial charge in [-0.3, -0.25) is 0 Å². The van der Waals surface area contributed by atoms with Gasteiger partial charge in [0.25, 0.3) is 0 Å². The lowest BCUT2D eigenvalue weighted by molar-refractivity contribution is -0.138. The van der Waals surface area contributed by atoms with Crippen LogP contribution in [0.25, 0.3) is 0 Å². The molecule has 9 heteroatoms. The van der Waals surface area contributed by atoms with Crippen molar-refractivity contribution in [2.75, 3.05) is 18.0 Å². The summed E-state index contributed by atoms with van der Waals surface area (Å²) in [7, 11) is 0. The number of carbonyl (C=O) groups is 1. The van der Waals surface area contributed by atoms with Crippen molar-refractivity contribution in [2.45, 2.75) is 57.5 Å². The minimum Gasteiger partial charge on any atom is -0.444 e. The average molecular weight is 358 g/mol. The second-order valence-corrected chi connectivity index (χ2v) is 7.44. The second-order valence-electron chi connectivity index (χ2n) is 7.44. The van der Waals surface area contributed by atoms with E-state index < -0.39 is 17.3 Å². The van der Waals surface area contributed by atoms with Crippen molar-refractivity contribution in [1.82, 2.24) is 14.9 Å². The molecule has 6 nitrogen and oxygen atoms in total. The predicted molar refractivity (Wildman–Crippen MR) is 84.1 cm³/mol. The van der Waals surface area contributed by atoms with E-state index in [1.165, 1.54) is 0 Å². The second kappa shape index (κ2) is 6.03. The summed E-state index contributed by atoms with van der Waals surface area (Å²) in [6.07, 6.45) is -1.52. The predicted octanol–water partition coefficient (Wildman–Crippen LogP) is 3.08. The van der Waals surface area contributed by atoms with Gasteiger partial charge in [-0.1, -0.05) is 0 Å². The van der Waals surface area contributed by atoms with Crippen LogP contribution in [0.2, 0.25) is 0 Å². The fourth-order valence-electron chi connectivity index (χ4n) is 3.23. The number of nitrogens with zero attached hydrogens (tertiary/aromatic N) is 4. The molecular formula is C16H21F3N4O2. The molecule has 1 aromatic heterocycles. The fraction of sp³-hybridized carbons (Fsp3) is 0.688. The van der Waals surface area contributed by atoms with E-state index in [4.69, 9.17) is 4.74 Å². The van der Waals surface area contributed by atoms with E-state index in [0.29, 0.717) is 13.1 Å². The zero-order valence-electron chi connectivity index (χ0n) is 14.4. The molecule has 0 radical (unpaired) electrons. The number of amides is 1. The lowest BCUT2D eigenvalue weighted by Crippen LogP contribution is -2.64. The molecule has 0 N–H and O–H groups in total. The van der Waals surface area contributed by atoms with Crippen LogP contribution in [0.15, 0.2) is 12.4 Å². The third kappa shape index (κ3) is 3.80. The minimum atomic E-state index is -4.45. The zero-order valence-corrected chi connectivity index (χ0v) is 14.4. The Hall–Kier alpha value is -2.06. The molecule has 4 heterocycles. The van der Waals surface area contributed by atoms with Crippen LogP contribution in [-0.4, -0.2) is 51.7 Å². The van der Waals surface area contributed by atoms with Crippen LogP contribution in [0.4, 0.5) is 23.9 Å². The lowest BCUT2D eigenvalue weighted by atomic mass is 9.91. The van der Waals surface area contributed by atoms with Crippen LogP contribution in [0.3, 0.4) is 0 Å². The number of rotatable bonds is 1. The Kier molecular flexibility index (Phi) is 4.28. The molecule has 2 bridgehead atoms. The molecule has 3 aliphatic heterocycles. The number of piperidine rings is 2. The van der Waals surface area contributed by atoms with Crippen LogP contribution in [-0.2, 0) is 10.9 Å². The number of alkyl halides is 3. The maximum Gasteiger partial charge on any atom is 0.419 e. The Morgan fingerprint density at radius 1 is 1.12 bits per heavy atom. The Bertz CT molecular complexity index is 642. The molecule has 138 valence electrons. The molecular weight excluding hydrogens is 337 g/mol. The summed E-state index contributed by atoms with van der Waals surface area (Å²) in [5, 5.41) is 0. The van der Waals surface area contributed by atoms with Crippen molar-refractivity contribution in [3.05, 3.63) is 18.0 Å². The van der Waals surface area contributed by atoms with Gasteiger partial charge >= 0.3 is 12.3 Å². The van der Waals surface area contributed by atoms with E-state index in [1.807, 2.05) is 25.7 Å². The van der Waals surface area contributed by atoms with Gasteiger partial charge in [0.1, 0.15) is 5.60 Å². The average Bonchev–Trinajstić information content (AvgIpc) is 2.53. The molecule has 3 aliphatic rings. The Balaban J connectivity index is 1.71. The number of halogens is 3. The van der Waals surface area contributed by atoms with Crippen molar-refractivity contribution >= 4 is 12.0 Å². The first-order chi connectivity index (χ1) is 11.5. The summed E-state index contributed by atoms with van der Waals surface area (Å²) in [5.41, 5.74) is -1.43. The van der Waals surface area contributed by atoms with Crippen molar-refractivity contribution in [1.29, 1.82) is 0 Å². The highest BCUT2D eigenvalue weighted by atomic mass is 19.4. The summed E-state index contributed by atoms with van der Waals surface area (Å²) < 4.78 is 43.3. The number of hydrogen-bond donors (Lipinski definition) is 0. The van der Waals surface area contributed by atoms with Gasteiger partial charge in [0.2, 0.25) is 5.95 Å². The molecule has 0 aromatic carbocycles. The molecule has 3 saturated heterocycles. The van der Waals surface area contributed by atoms with Gasteiger partial charge in [-0.25, -0.2) is 14.8 Å². The standard InChI is InChI=1S/C16H21F3N4O2/c1-15(2,3)25-14(24)23-9-11-4-5-12(23)8-22(11)13-20-6-10(7-21-13)16(17,18)19/h6-7,11-12H,4-5,8-9H2,1-3H3. The molecule has 25 heavy (non-hydrogen) atoms. The van der Waals surface area contributed by atoms with Gasteiger partial charge in [-0.05, 0) is 33.6 Å². The lowest BCUT2D eigenvalue weighted by Gasteiger charge is -2.51. The number of fused-ring (bicyclic) bond motifs is 3. The van der Waals surface area contributed by atoms with Crippen molar-refractivity contribution < 1.29 is 22.7 Å². The van der Waals surface area contributed by atoms with Crippen molar-refractivity contribution in [3.8, 4) is 0 Å². The first-order valence-corrected chi connectivity index (χ1v) is 8.20. The minimum absolute atomic E-state index is 0.0192. The van der Waals surface area contributed by atoms with Crippen LogP contribution in [0, 0.1) is 0 Å². The number of ether oxygens (including phenoxy) is 1. The van der Waals surface area contributed by atoms with E-state index in [-0.39, 0.29) is 24.1 Å². The molecule has 4 rings (SSSR count). The van der Waals surface area contributed by atoms with Crippen LogP contribution in [0.1, 0.15) is 39.2 Å². The van der Waals surface area contributed by atoms with Gasteiger partial charge in [0.15, 0.2) is 0 Å². The van der Waals surface area contributed by atoms with Crippen molar-refractivity contribution in [3.63, 3.8) is 0 Å². The quantitative estimate of drug-likeness (QED) is 0.772. The summed E-state index contributed by atoms with van der Waals surface area (Å²) in [5.74, 6) is 0.270. The molecule has 1 aromatic rings. The first kappa shape index (κ1) is 17.8. The van der Waals surface area contributed by atoms with Crippen LogP contribution < -0.4 is 4.90 Å². The molecule has 3 fully saturated rings. The molecule has 1 amide bonds. The third-order valence-corrected chi connectivity index (χ3v) is 4.38. The van der Waals surface area contributed by atoms with E-state index in [2.05, 4.69) is 9.97 Å². The van der Waals surface area contributed by atoms with Gasteiger partial charge in [0.05, 0.1) is 11.6 Å². The molecule has 0 aliphatic carbocycles.